The van der Waals surface area contributed by atoms with Crippen molar-refractivity contribution in [1.82, 2.24) is 0 Å². The van der Waals surface area contributed by atoms with Crippen LogP contribution in [0, 0.1) is 0 Å². The smallest absolute Gasteiger partial charge is 0.344 e. The van der Waals surface area contributed by atoms with Crippen molar-refractivity contribution in [3.63, 3.8) is 0 Å². The molecule has 0 saturated heterocycles. The molecule has 184 valence electrons. The molecule has 0 aromatic heterocycles. The first kappa shape index (κ1) is 26.5. The number of carbonyl (C=O) groups excluding carboxylic acids is 3. The Labute approximate surface area is 199 Å². The molecule has 34 heavy (non-hydrogen) atoms. The third-order valence-corrected chi connectivity index (χ3v) is 4.42. The first-order valence-electron chi connectivity index (χ1n) is 11.1. The topological polar surface area (TPSA) is 101 Å². The zero-order valence-corrected chi connectivity index (χ0v) is 19.8. The van der Waals surface area contributed by atoms with E-state index in [4.69, 9.17) is 23.7 Å². The van der Waals surface area contributed by atoms with E-state index in [2.05, 4.69) is 0 Å². The predicted octanol–water partition coefficient (Wildman–Crippen LogP) is 3.14. The lowest BCUT2D eigenvalue weighted by atomic mass is 10.2. The number of ether oxygens (including phenoxy) is 5. The van der Waals surface area contributed by atoms with Crippen LogP contribution in [0.4, 0.5) is 5.69 Å². The minimum Gasteiger partial charge on any atom is -0.489 e. The van der Waals surface area contributed by atoms with Gasteiger partial charge in [-0.05, 0) is 38.5 Å². The van der Waals surface area contributed by atoms with Gasteiger partial charge in [0.15, 0.2) is 6.61 Å². The maximum Gasteiger partial charge on any atom is 0.344 e. The molecule has 9 heteroatoms. The van der Waals surface area contributed by atoms with Crippen LogP contribution in [0.15, 0.2) is 48.5 Å². The molecule has 0 aliphatic carbocycles. The van der Waals surface area contributed by atoms with Gasteiger partial charge >= 0.3 is 17.9 Å². The van der Waals surface area contributed by atoms with Crippen LogP contribution in [0.25, 0.3) is 0 Å². The summed E-state index contributed by atoms with van der Waals surface area (Å²) >= 11 is 0. The Morgan fingerprint density at radius 3 is 1.91 bits per heavy atom. The molecule has 0 aliphatic rings. The fourth-order valence-electron chi connectivity index (χ4n) is 2.99. The molecule has 0 N–H and O–H groups in total. The van der Waals surface area contributed by atoms with Crippen LogP contribution in [0.5, 0.6) is 11.5 Å². The molecule has 0 saturated carbocycles. The number of rotatable bonds is 14. The quantitative estimate of drug-likeness (QED) is 0.302. The average Bonchev–Trinajstić information content (AvgIpc) is 2.82. The van der Waals surface area contributed by atoms with Crippen molar-refractivity contribution in [1.29, 1.82) is 0 Å². The Hall–Kier alpha value is -3.75. The van der Waals surface area contributed by atoms with Gasteiger partial charge in [-0.2, -0.15) is 0 Å². The number of nitrogens with zero attached hydrogens (tertiary/aromatic N) is 1. The number of benzene rings is 2. The van der Waals surface area contributed by atoms with Gasteiger partial charge in [0.1, 0.15) is 31.2 Å². The molecule has 0 amide bonds. The number of hydrogen-bond donors (Lipinski definition) is 0. The monoisotopic (exact) mass is 473 g/mol. The van der Waals surface area contributed by atoms with Crippen LogP contribution < -0.4 is 14.4 Å². The third kappa shape index (κ3) is 9.01. The van der Waals surface area contributed by atoms with Crippen molar-refractivity contribution in [3.8, 4) is 11.5 Å². The Bertz CT molecular complexity index is 912. The second kappa shape index (κ2) is 14.4. The third-order valence-electron chi connectivity index (χ3n) is 4.42. The summed E-state index contributed by atoms with van der Waals surface area (Å²) < 4.78 is 26.6. The number of carbonyl (C=O) groups is 3. The SMILES string of the molecule is CCOC(=O)COc1ccc(OCc2ccccc2)cc1N(CC(=O)OCC)CC(=O)OCC. The Balaban J connectivity index is 2.34. The fourth-order valence-corrected chi connectivity index (χ4v) is 2.99. The first-order valence-corrected chi connectivity index (χ1v) is 11.1. The van der Waals surface area contributed by atoms with Crippen LogP contribution in [0.1, 0.15) is 26.3 Å². The van der Waals surface area contributed by atoms with Gasteiger partial charge in [-0.1, -0.05) is 30.3 Å². The molecule has 0 fully saturated rings. The van der Waals surface area contributed by atoms with Gasteiger partial charge in [0.25, 0.3) is 0 Å². The van der Waals surface area contributed by atoms with E-state index < -0.39 is 17.9 Å². The summed E-state index contributed by atoms with van der Waals surface area (Å²) in [5.74, 6) is -0.841. The molecule has 0 radical (unpaired) electrons. The van der Waals surface area contributed by atoms with Crippen LogP contribution in [0.2, 0.25) is 0 Å². The number of anilines is 1. The van der Waals surface area contributed by atoms with Gasteiger partial charge in [-0.15, -0.1) is 0 Å². The van der Waals surface area contributed by atoms with Crippen LogP contribution in [-0.4, -0.2) is 57.4 Å². The molecule has 0 spiro atoms. The molecular weight excluding hydrogens is 442 g/mol. The van der Waals surface area contributed by atoms with Crippen molar-refractivity contribution in [2.75, 3.05) is 44.4 Å². The zero-order valence-electron chi connectivity index (χ0n) is 19.8. The lowest BCUT2D eigenvalue weighted by Crippen LogP contribution is -2.36. The van der Waals surface area contributed by atoms with E-state index in [0.29, 0.717) is 18.0 Å². The molecule has 2 aromatic carbocycles. The lowest BCUT2D eigenvalue weighted by Gasteiger charge is -2.25. The largest absolute Gasteiger partial charge is 0.489 e. The normalized spacial score (nSPS) is 10.2. The van der Waals surface area contributed by atoms with Crippen molar-refractivity contribution in [2.45, 2.75) is 27.4 Å². The summed E-state index contributed by atoms with van der Waals surface area (Å²) in [5.41, 5.74) is 1.34. The van der Waals surface area contributed by atoms with E-state index in [-0.39, 0.29) is 45.3 Å². The Morgan fingerprint density at radius 1 is 0.735 bits per heavy atom. The van der Waals surface area contributed by atoms with Gasteiger partial charge in [0.05, 0.1) is 25.5 Å². The summed E-state index contributed by atoms with van der Waals surface area (Å²) in [5, 5.41) is 0. The van der Waals surface area contributed by atoms with Gasteiger partial charge in [0.2, 0.25) is 0 Å². The standard InChI is InChI=1S/C25H31NO8/c1-4-30-23(27)15-26(16-24(28)31-5-2)21-14-20(33-17-19-10-8-7-9-11-19)12-13-22(21)34-18-25(29)32-6-3/h7-14H,4-6,15-18H2,1-3H3. The van der Waals surface area contributed by atoms with E-state index in [9.17, 15) is 14.4 Å². The highest BCUT2D eigenvalue weighted by Gasteiger charge is 2.22. The van der Waals surface area contributed by atoms with Gasteiger partial charge < -0.3 is 28.6 Å². The van der Waals surface area contributed by atoms with E-state index >= 15 is 0 Å². The highest BCUT2D eigenvalue weighted by atomic mass is 16.6. The van der Waals surface area contributed by atoms with Crippen molar-refractivity contribution >= 4 is 23.6 Å². The number of hydrogen-bond acceptors (Lipinski definition) is 9. The molecule has 0 heterocycles. The molecule has 9 nitrogen and oxygen atoms in total. The lowest BCUT2D eigenvalue weighted by molar-refractivity contribution is -0.146. The van der Waals surface area contributed by atoms with Crippen molar-refractivity contribution in [3.05, 3.63) is 54.1 Å². The van der Waals surface area contributed by atoms with Gasteiger partial charge in [0, 0.05) is 6.07 Å². The average molecular weight is 474 g/mol. The summed E-state index contributed by atoms with van der Waals surface area (Å²) in [4.78, 5) is 37.8. The minimum absolute atomic E-state index is 0.193. The Kier molecular flexibility index (Phi) is 11.2. The minimum atomic E-state index is -0.541. The molecule has 0 unspecified atom stereocenters. The van der Waals surface area contributed by atoms with Gasteiger partial charge in [-0.25, -0.2) is 4.79 Å². The summed E-state index contributed by atoms with van der Waals surface area (Å²) in [6.45, 7) is 5.21. The highest BCUT2D eigenvalue weighted by Crippen LogP contribution is 2.33. The molecule has 0 bridgehead atoms. The summed E-state index contributed by atoms with van der Waals surface area (Å²) in [6, 6.07) is 14.5. The van der Waals surface area contributed by atoms with Crippen LogP contribution >= 0.6 is 0 Å². The second-order valence-corrected chi connectivity index (χ2v) is 6.96. The van der Waals surface area contributed by atoms with Gasteiger partial charge in [-0.3, -0.25) is 9.59 Å². The second-order valence-electron chi connectivity index (χ2n) is 6.96. The molecule has 2 rings (SSSR count). The summed E-state index contributed by atoms with van der Waals surface area (Å²) in [7, 11) is 0. The molecule has 0 aliphatic heterocycles. The maximum absolute atomic E-state index is 12.3. The van der Waals surface area contributed by atoms with E-state index in [1.54, 1.807) is 39.0 Å². The number of esters is 3. The van der Waals surface area contributed by atoms with Crippen LogP contribution in [-0.2, 0) is 35.2 Å². The molecule has 2 aromatic rings. The maximum atomic E-state index is 12.3. The van der Waals surface area contributed by atoms with E-state index in [0.717, 1.165) is 5.56 Å². The van der Waals surface area contributed by atoms with E-state index in [1.807, 2.05) is 30.3 Å². The Morgan fingerprint density at radius 2 is 1.32 bits per heavy atom. The van der Waals surface area contributed by atoms with Crippen molar-refractivity contribution < 1.29 is 38.1 Å². The predicted molar refractivity (Wildman–Crippen MR) is 125 cm³/mol. The summed E-state index contributed by atoms with van der Waals surface area (Å²) in [6.07, 6.45) is 0. The van der Waals surface area contributed by atoms with Crippen LogP contribution in [0.3, 0.4) is 0 Å². The zero-order chi connectivity index (χ0) is 24.8. The highest BCUT2D eigenvalue weighted by molar-refractivity contribution is 5.83. The molecular formula is C25H31NO8. The first-order chi connectivity index (χ1) is 16.5. The van der Waals surface area contributed by atoms with Crippen molar-refractivity contribution in [2.24, 2.45) is 0 Å². The fraction of sp³-hybridized carbons (Fsp3) is 0.400. The van der Waals surface area contributed by atoms with E-state index in [1.165, 1.54) is 4.90 Å². The molecule has 0 atom stereocenters.